The average molecular weight is 208 g/mol. The van der Waals surface area contributed by atoms with E-state index in [0.717, 1.165) is 9.34 Å². The van der Waals surface area contributed by atoms with Gasteiger partial charge in [0.1, 0.15) is 5.00 Å². The normalized spacial score (nSPS) is 10.2. The number of aromatic nitrogens is 1. The zero-order chi connectivity index (χ0) is 9.10. The smallest absolute Gasteiger partial charge is 0.156 e. The fourth-order valence-corrected chi connectivity index (χ4v) is 2.66. The highest BCUT2D eigenvalue weighted by molar-refractivity contribution is 8.01. The molecule has 13 heavy (non-hydrogen) atoms. The predicted octanol–water partition coefficient (Wildman–Crippen LogP) is 2.88. The Morgan fingerprint density at radius 3 is 2.62 bits per heavy atom. The summed E-state index contributed by atoms with van der Waals surface area (Å²) in [4.78, 5) is 5.36. The fraction of sp³-hybridized carbons (Fsp3) is 0. The molecule has 0 fully saturated rings. The van der Waals surface area contributed by atoms with Gasteiger partial charge in [-0.15, -0.1) is 0 Å². The van der Waals surface area contributed by atoms with Crippen molar-refractivity contribution in [2.75, 3.05) is 5.73 Å². The minimum absolute atomic E-state index is 0.762. The highest BCUT2D eigenvalue weighted by atomic mass is 32.2. The molecule has 2 rings (SSSR count). The number of hydrogen-bond acceptors (Lipinski definition) is 4. The molecule has 0 radical (unpaired) electrons. The maximum Gasteiger partial charge on any atom is 0.156 e. The third-order valence-corrected chi connectivity index (χ3v) is 3.36. The van der Waals surface area contributed by atoms with Crippen molar-refractivity contribution >= 4 is 28.1 Å². The molecule has 4 heteroatoms. The van der Waals surface area contributed by atoms with Crippen molar-refractivity contribution in [3.8, 4) is 0 Å². The van der Waals surface area contributed by atoms with Crippen molar-refractivity contribution in [2.24, 2.45) is 0 Å². The Labute approximate surface area is 84.8 Å². The monoisotopic (exact) mass is 208 g/mol. The maximum atomic E-state index is 5.57. The van der Waals surface area contributed by atoms with Crippen LogP contribution in [0.5, 0.6) is 0 Å². The van der Waals surface area contributed by atoms with Crippen molar-refractivity contribution < 1.29 is 0 Å². The Morgan fingerprint density at radius 2 is 2.00 bits per heavy atom. The molecule has 0 amide bonds. The number of hydrogen-bond donors (Lipinski definition) is 1. The van der Waals surface area contributed by atoms with Gasteiger partial charge in [-0.05, 0) is 12.1 Å². The van der Waals surface area contributed by atoms with Crippen LogP contribution in [0.15, 0.2) is 45.8 Å². The molecule has 0 aliphatic heterocycles. The second-order valence-corrected chi connectivity index (χ2v) is 4.83. The number of thiazole rings is 1. The Bertz CT molecular complexity index is 384. The Kier molecular flexibility index (Phi) is 2.52. The van der Waals surface area contributed by atoms with Crippen LogP contribution in [0.25, 0.3) is 0 Å². The van der Waals surface area contributed by atoms with Gasteiger partial charge < -0.3 is 5.73 Å². The largest absolute Gasteiger partial charge is 0.389 e. The van der Waals surface area contributed by atoms with Crippen LogP contribution in [-0.2, 0) is 0 Å². The van der Waals surface area contributed by atoms with Gasteiger partial charge in [-0.2, -0.15) is 0 Å². The second kappa shape index (κ2) is 3.81. The number of rotatable bonds is 2. The van der Waals surface area contributed by atoms with Gasteiger partial charge in [-0.3, -0.25) is 0 Å². The van der Waals surface area contributed by atoms with Gasteiger partial charge >= 0.3 is 0 Å². The minimum atomic E-state index is 0.762. The van der Waals surface area contributed by atoms with Crippen LogP contribution in [0.4, 0.5) is 5.00 Å². The summed E-state index contributed by atoms with van der Waals surface area (Å²) < 4.78 is 0.990. The first-order valence-electron chi connectivity index (χ1n) is 3.79. The number of nitrogens with zero attached hydrogens (tertiary/aromatic N) is 1. The fourth-order valence-electron chi connectivity index (χ4n) is 0.906. The summed E-state index contributed by atoms with van der Waals surface area (Å²) in [5.74, 6) is 0. The molecule has 66 valence electrons. The first-order valence-corrected chi connectivity index (χ1v) is 5.42. The lowest BCUT2D eigenvalue weighted by atomic mass is 10.4. The van der Waals surface area contributed by atoms with Gasteiger partial charge in [-0.1, -0.05) is 41.3 Å². The summed E-state index contributed by atoms with van der Waals surface area (Å²) in [6.07, 6.45) is 1.69. The topological polar surface area (TPSA) is 38.9 Å². The van der Waals surface area contributed by atoms with Crippen molar-refractivity contribution in [2.45, 2.75) is 9.24 Å². The molecule has 2 N–H and O–H groups in total. The van der Waals surface area contributed by atoms with Crippen LogP contribution >= 0.6 is 23.1 Å². The van der Waals surface area contributed by atoms with E-state index in [-0.39, 0.29) is 0 Å². The highest BCUT2D eigenvalue weighted by Gasteiger charge is 2.00. The number of nitrogens with two attached hydrogens (primary N) is 1. The maximum absolute atomic E-state index is 5.57. The summed E-state index contributed by atoms with van der Waals surface area (Å²) in [6.45, 7) is 0. The SMILES string of the molecule is Nc1cnc(Sc2ccccc2)s1. The average Bonchev–Trinajstić information content (AvgIpc) is 2.53. The highest BCUT2D eigenvalue weighted by Crippen LogP contribution is 2.31. The van der Waals surface area contributed by atoms with Crippen LogP contribution in [0.3, 0.4) is 0 Å². The van der Waals surface area contributed by atoms with Gasteiger partial charge in [0.05, 0.1) is 6.20 Å². The van der Waals surface area contributed by atoms with Crippen molar-refractivity contribution in [3.63, 3.8) is 0 Å². The van der Waals surface area contributed by atoms with Gasteiger partial charge in [0, 0.05) is 4.90 Å². The van der Waals surface area contributed by atoms with E-state index in [2.05, 4.69) is 17.1 Å². The van der Waals surface area contributed by atoms with Crippen molar-refractivity contribution in [1.29, 1.82) is 0 Å². The zero-order valence-corrected chi connectivity index (χ0v) is 8.44. The van der Waals surface area contributed by atoms with Gasteiger partial charge in [0.25, 0.3) is 0 Å². The Morgan fingerprint density at radius 1 is 1.23 bits per heavy atom. The zero-order valence-electron chi connectivity index (χ0n) is 6.81. The lowest BCUT2D eigenvalue weighted by Gasteiger charge is -1.94. The van der Waals surface area contributed by atoms with Crippen molar-refractivity contribution in [1.82, 2.24) is 4.98 Å². The second-order valence-electron chi connectivity index (χ2n) is 2.44. The van der Waals surface area contributed by atoms with Crippen LogP contribution in [0.1, 0.15) is 0 Å². The molecule has 1 aromatic heterocycles. The lowest BCUT2D eigenvalue weighted by Crippen LogP contribution is -1.73. The molecule has 0 bridgehead atoms. The lowest BCUT2D eigenvalue weighted by molar-refractivity contribution is 1.25. The molecule has 1 aromatic carbocycles. The molecular weight excluding hydrogens is 200 g/mol. The molecule has 0 aliphatic rings. The summed E-state index contributed by atoms with van der Waals surface area (Å²) >= 11 is 3.15. The van der Waals surface area contributed by atoms with Gasteiger partial charge in [0.2, 0.25) is 0 Å². The first-order chi connectivity index (χ1) is 6.34. The van der Waals surface area contributed by atoms with E-state index in [0.29, 0.717) is 0 Å². The van der Waals surface area contributed by atoms with Crippen molar-refractivity contribution in [3.05, 3.63) is 36.5 Å². The van der Waals surface area contributed by atoms with E-state index < -0.39 is 0 Å². The molecule has 0 unspecified atom stereocenters. The first kappa shape index (κ1) is 8.59. The number of benzene rings is 1. The molecule has 0 aliphatic carbocycles. The summed E-state index contributed by atoms with van der Waals surface area (Å²) in [7, 11) is 0. The number of nitrogen functional groups attached to an aromatic ring is 1. The predicted molar refractivity (Wildman–Crippen MR) is 57.1 cm³/mol. The van der Waals surface area contributed by atoms with Crippen LogP contribution in [-0.4, -0.2) is 4.98 Å². The van der Waals surface area contributed by atoms with E-state index in [9.17, 15) is 0 Å². The van der Waals surface area contributed by atoms with Crippen LogP contribution < -0.4 is 5.73 Å². The summed E-state index contributed by atoms with van der Waals surface area (Å²) in [6, 6.07) is 10.1. The Hall–Kier alpha value is -1.00. The molecule has 2 nitrogen and oxygen atoms in total. The molecule has 1 heterocycles. The molecule has 0 saturated heterocycles. The molecule has 0 saturated carbocycles. The van der Waals surface area contributed by atoms with Gasteiger partial charge in [-0.25, -0.2) is 4.98 Å². The molecule has 0 spiro atoms. The third kappa shape index (κ3) is 2.23. The number of anilines is 1. The summed E-state index contributed by atoms with van der Waals surface area (Å²) in [5, 5.41) is 0.762. The van der Waals surface area contributed by atoms with Crippen LogP contribution in [0, 0.1) is 0 Å². The van der Waals surface area contributed by atoms with E-state index >= 15 is 0 Å². The van der Waals surface area contributed by atoms with E-state index in [1.54, 1.807) is 18.0 Å². The van der Waals surface area contributed by atoms with E-state index in [1.807, 2.05) is 18.2 Å². The molecule has 2 aromatic rings. The third-order valence-electron chi connectivity index (χ3n) is 1.45. The van der Waals surface area contributed by atoms with E-state index in [4.69, 9.17) is 5.73 Å². The standard InChI is InChI=1S/C9H8N2S2/c10-8-6-11-9(13-8)12-7-4-2-1-3-5-7/h1-6H,10H2. The minimum Gasteiger partial charge on any atom is -0.389 e. The van der Waals surface area contributed by atoms with E-state index in [1.165, 1.54) is 16.2 Å². The van der Waals surface area contributed by atoms with Gasteiger partial charge in [0.15, 0.2) is 4.34 Å². The quantitative estimate of drug-likeness (QED) is 0.824. The summed E-state index contributed by atoms with van der Waals surface area (Å²) in [5.41, 5.74) is 5.57. The Balaban J connectivity index is 2.15. The molecular formula is C9H8N2S2. The molecule has 0 atom stereocenters. The van der Waals surface area contributed by atoms with Crippen LogP contribution in [0.2, 0.25) is 0 Å².